The molecule has 1 aromatic rings. The average Bonchev–Trinajstić information content (AvgIpc) is 3.44. The van der Waals surface area contributed by atoms with Crippen LogP contribution >= 0.6 is 24.0 Å². The number of aliphatic imine (C=N–C) groups is 1. The van der Waals surface area contributed by atoms with Crippen molar-refractivity contribution in [2.24, 2.45) is 4.99 Å². The topological polar surface area (TPSA) is 52.1 Å². The second-order valence-corrected chi connectivity index (χ2v) is 8.08. The van der Waals surface area contributed by atoms with Gasteiger partial charge in [-0.15, -0.1) is 24.0 Å². The molecule has 7 heteroatoms. The van der Waals surface area contributed by atoms with Gasteiger partial charge in [0.1, 0.15) is 5.75 Å². The monoisotopic (exact) mass is 515 g/mol. The SMILES string of the molecule is CN=C(NCC(c1ccccc1OC)N1CCCC1)NCC(C)N(C)C1CC1.I. The number of rotatable bonds is 9. The smallest absolute Gasteiger partial charge is 0.191 e. The Hall–Kier alpha value is -1.06. The van der Waals surface area contributed by atoms with E-state index in [0.29, 0.717) is 6.04 Å². The molecule has 1 saturated carbocycles. The summed E-state index contributed by atoms with van der Waals surface area (Å²) in [5.74, 6) is 1.83. The number of likely N-dealkylation sites (tertiary alicyclic amines) is 1. The van der Waals surface area contributed by atoms with Crippen LogP contribution in [0.3, 0.4) is 0 Å². The van der Waals surface area contributed by atoms with Crippen LogP contribution in [-0.4, -0.2) is 75.2 Å². The molecule has 0 aromatic heterocycles. The van der Waals surface area contributed by atoms with E-state index in [2.05, 4.69) is 57.6 Å². The Bertz CT molecular complexity index is 646. The van der Waals surface area contributed by atoms with Gasteiger partial charge < -0.3 is 15.4 Å². The molecule has 1 aromatic carbocycles. The lowest BCUT2D eigenvalue weighted by molar-refractivity contribution is 0.237. The van der Waals surface area contributed by atoms with Crippen LogP contribution in [0.2, 0.25) is 0 Å². The highest BCUT2D eigenvalue weighted by Gasteiger charge is 2.29. The van der Waals surface area contributed by atoms with Crippen LogP contribution in [0, 0.1) is 0 Å². The maximum absolute atomic E-state index is 5.65. The zero-order valence-corrected chi connectivity index (χ0v) is 20.7. The summed E-state index contributed by atoms with van der Waals surface area (Å²) in [7, 11) is 5.83. The van der Waals surface area contributed by atoms with E-state index in [-0.39, 0.29) is 30.0 Å². The number of likely N-dealkylation sites (N-methyl/N-ethyl adjacent to an activating group) is 1. The second-order valence-electron chi connectivity index (χ2n) is 8.08. The zero-order valence-electron chi connectivity index (χ0n) is 18.4. The lowest BCUT2D eigenvalue weighted by Gasteiger charge is -2.30. The van der Waals surface area contributed by atoms with Gasteiger partial charge in [0.15, 0.2) is 5.96 Å². The Morgan fingerprint density at radius 1 is 1.21 bits per heavy atom. The number of benzene rings is 1. The van der Waals surface area contributed by atoms with Crippen molar-refractivity contribution in [1.82, 2.24) is 20.4 Å². The number of halogens is 1. The number of hydrogen-bond donors (Lipinski definition) is 2. The van der Waals surface area contributed by atoms with Gasteiger partial charge >= 0.3 is 0 Å². The molecular weight excluding hydrogens is 477 g/mol. The Kier molecular flexibility index (Phi) is 9.98. The molecule has 0 bridgehead atoms. The van der Waals surface area contributed by atoms with Crippen molar-refractivity contribution >= 4 is 29.9 Å². The summed E-state index contributed by atoms with van der Waals surface area (Å²) in [4.78, 5) is 9.47. The molecule has 2 N–H and O–H groups in total. The van der Waals surface area contributed by atoms with E-state index in [1.54, 1.807) is 7.11 Å². The highest BCUT2D eigenvalue weighted by Crippen LogP contribution is 2.31. The van der Waals surface area contributed by atoms with E-state index < -0.39 is 0 Å². The van der Waals surface area contributed by atoms with Crippen molar-refractivity contribution < 1.29 is 4.74 Å². The first-order valence-electron chi connectivity index (χ1n) is 10.7. The standard InChI is InChI=1S/C22H37N5O.HI/c1-17(26(3)18-11-12-18)15-24-22(23-2)25-16-20(27-13-7-8-14-27)19-9-5-6-10-21(19)28-4;/h5-6,9-10,17-18,20H,7-8,11-16H2,1-4H3,(H2,23,24,25);1H. The minimum Gasteiger partial charge on any atom is -0.496 e. The van der Waals surface area contributed by atoms with Gasteiger partial charge in [-0.3, -0.25) is 14.8 Å². The summed E-state index contributed by atoms with van der Waals surface area (Å²) in [5, 5.41) is 7.06. The number of ether oxygens (including phenoxy) is 1. The van der Waals surface area contributed by atoms with Crippen molar-refractivity contribution in [3.05, 3.63) is 29.8 Å². The van der Waals surface area contributed by atoms with Crippen LogP contribution < -0.4 is 15.4 Å². The number of para-hydroxylation sites is 1. The maximum atomic E-state index is 5.65. The fourth-order valence-electron chi connectivity index (χ4n) is 4.07. The van der Waals surface area contributed by atoms with Crippen molar-refractivity contribution in [2.75, 3.05) is 47.4 Å². The molecule has 3 rings (SSSR count). The summed E-state index contributed by atoms with van der Waals surface area (Å²) in [5.41, 5.74) is 1.25. The molecule has 0 amide bonds. The molecule has 1 heterocycles. The van der Waals surface area contributed by atoms with Crippen LogP contribution in [0.25, 0.3) is 0 Å². The Labute approximate surface area is 193 Å². The maximum Gasteiger partial charge on any atom is 0.191 e. The number of hydrogen-bond acceptors (Lipinski definition) is 4. The van der Waals surface area contributed by atoms with Crippen molar-refractivity contribution in [3.63, 3.8) is 0 Å². The Morgan fingerprint density at radius 3 is 2.48 bits per heavy atom. The largest absolute Gasteiger partial charge is 0.496 e. The third-order valence-corrected chi connectivity index (χ3v) is 6.15. The van der Waals surface area contributed by atoms with Gasteiger partial charge in [0.2, 0.25) is 0 Å². The average molecular weight is 515 g/mol. The van der Waals surface area contributed by atoms with E-state index in [9.17, 15) is 0 Å². The third-order valence-electron chi connectivity index (χ3n) is 6.15. The molecule has 1 aliphatic heterocycles. The van der Waals surface area contributed by atoms with Gasteiger partial charge in [-0.25, -0.2) is 0 Å². The highest BCUT2D eigenvalue weighted by molar-refractivity contribution is 14.0. The van der Waals surface area contributed by atoms with E-state index in [0.717, 1.165) is 43.9 Å². The highest BCUT2D eigenvalue weighted by atomic mass is 127. The molecule has 2 unspecified atom stereocenters. The lowest BCUT2D eigenvalue weighted by Crippen LogP contribution is -2.47. The van der Waals surface area contributed by atoms with Gasteiger partial charge in [0.25, 0.3) is 0 Å². The van der Waals surface area contributed by atoms with Crippen molar-refractivity contribution in [1.29, 1.82) is 0 Å². The third kappa shape index (κ3) is 6.72. The minimum atomic E-state index is 0. The van der Waals surface area contributed by atoms with E-state index in [4.69, 9.17) is 4.74 Å². The normalized spacial score (nSPS) is 19.6. The van der Waals surface area contributed by atoms with E-state index in [1.165, 1.54) is 31.2 Å². The summed E-state index contributed by atoms with van der Waals surface area (Å²) < 4.78 is 5.65. The Balaban J connectivity index is 0.00000300. The summed E-state index contributed by atoms with van der Waals surface area (Å²) >= 11 is 0. The molecule has 1 saturated heterocycles. The number of nitrogens with zero attached hydrogens (tertiary/aromatic N) is 3. The first-order chi connectivity index (χ1) is 13.6. The van der Waals surface area contributed by atoms with Gasteiger partial charge in [-0.1, -0.05) is 18.2 Å². The molecule has 2 aliphatic rings. The molecular formula is C22H38IN5O. The van der Waals surface area contributed by atoms with Crippen LogP contribution in [0.5, 0.6) is 5.75 Å². The summed E-state index contributed by atoms with van der Waals surface area (Å²) in [6.45, 7) is 6.27. The summed E-state index contributed by atoms with van der Waals surface area (Å²) in [6, 6.07) is 9.93. The van der Waals surface area contributed by atoms with Crippen molar-refractivity contribution in [2.45, 2.75) is 50.7 Å². The van der Waals surface area contributed by atoms with Gasteiger partial charge in [-0.2, -0.15) is 0 Å². The van der Waals surface area contributed by atoms with Crippen molar-refractivity contribution in [3.8, 4) is 5.75 Å². The second kappa shape index (κ2) is 12.0. The molecule has 1 aliphatic carbocycles. The van der Waals surface area contributed by atoms with Crippen LogP contribution in [0.15, 0.2) is 29.3 Å². The molecule has 164 valence electrons. The number of guanidine groups is 1. The molecule has 2 fully saturated rings. The lowest BCUT2D eigenvalue weighted by atomic mass is 10.0. The number of nitrogens with one attached hydrogen (secondary N) is 2. The Morgan fingerprint density at radius 2 is 1.86 bits per heavy atom. The molecule has 0 spiro atoms. The number of methoxy groups -OCH3 is 1. The predicted molar refractivity (Wildman–Crippen MR) is 132 cm³/mol. The molecule has 6 nitrogen and oxygen atoms in total. The molecule has 29 heavy (non-hydrogen) atoms. The van der Waals surface area contributed by atoms with Gasteiger partial charge in [0, 0.05) is 37.8 Å². The van der Waals surface area contributed by atoms with E-state index in [1.807, 2.05) is 13.1 Å². The molecule has 0 radical (unpaired) electrons. The van der Waals surface area contributed by atoms with Crippen LogP contribution in [0.4, 0.5) is 0 Å². The predicted octanol–water partition coefficient (Wildman–Crippen LogP) is 3.10. The van der Waals surface area contributed by atoms with Gasteiger partial charge in [0.05, 0.1) is 13.2 Å². The zero-order chi connectivity index (χ0) is 19.9. The van der Waals surface area contributed by atoms with Gasteiger partial charge in [-0.05, 0) is 58.8 Å². The minimum absolute atomic E-state index is 0. The fourth-order valence-corrected chi connectivity index (χ4v) is 4.07. The van der Waals surface area contributed by atoms with E-state index >= 15 is 0 Å². The molecule has 2 atom stereocenters. The first-order valence-corrected chi connectivity index (χ1v) is 10.7. The fraction of sp³-hybridized carbons (Fsp3) is 0.682. The van der Waals surface area contributed by atoms with Crippen LogP contribution in [-0.2, 0) is 0 Å². The first kappa shape index (κ1) is 24.2. The van der Waals surface area contributed by atoms with Crippen LogP contribution in [0.1, 0.15) is 44.2 Å². The quantitative estimate of drug-likeness (QED) is 0.301. The summed E-state index contributed by atoms with van der Waals surface area (Å²) in [6.07, 6.45) is 5.21.